The first kappa shape index (κ1) is 16.9. The maximum atomic E-state index is 5.59. The summed E-state index contributed by atoms with van der Waals surface area (Å²) < 4.78 is 5.59. The van der Waals surface area contributed by atoms with Gasteiger partial charge < -0.3 is 10.1 Å². The van der Waals surface area contributed by atoms with E-state index in [1.165, 1.54) is 25.7 Å². The van der Waals surface area contributed by atoms with Crippen molar-refractivity contribution in [2.75, 3.05) is 6.61 Å². The Kier molecular flexibility index (Phi) is 7.52. The van der Waals surface area contributed by atoms with Gasteiger partial charge in [0.25, 0.3) is 0 Å². The highest BCUT2D eigenvalue weighted by molar-refractivity contribution is 5.11. The molecule has 0 aliphatic rings. The largest absolute Gasteiger partial charge is 0.477 e. The van der Waals surface area contributed by atoms with Gasteiger partial charge in [-0.2, -0.15) is 5.10 Å². The van der Waals surface area contributed by atoms with Crippen molar-refractivity contribution in [2.45, 2.75) is 71.9 Å². The summed E-state index contributed by atoms with van der Waals surface area (Å²) in [5, 5.41) is 11.7. The highest BCUT2D eigenvalue weighted by Gasteiger charge is 2.09. The Bertz CT molecular complexity index is 357. The van der Waals surface area contributed by atoms with Gasteiger partial charge in [0, 0.05) is 18.2 Å². The van der Waals surface area contributed by atoms with E-state index in [4.69, 9.17) is 4.74 Å². The molecule has 1 aromatic rings. The van der Waals surface area contributed by atoms with Crippen LogP contribution in [0.25, 0.3) is 0 Å². The Labute approximate surface area is 123 Å². The van der Waals surface area contributed by atoms with Crippen LogP contribution in [-0.2, 0) is 6.54 Å². The van der Waals surface area contributed by atoms with E-state index < -0.39 is 0 Å². The van der Waals surface area contributed by atoms with Crippen molar-refractivity contribution in [1.82, 2.24) is 15.5 Å². The van der Waals surface area contributed by atoms with Crippen LogP contribution in [0.1, 0.15) is 65.5 Å². The minimum absolute atomic E-state index is 0.0926. The van der Waals surface area contributed by atoms with Gasteiger partial charge in [-0.15, -0.1) is 5.10 Å². The molecule has 0 saturated carbocycles. The highest BCUT2D eigenvalue weighted by Crippen LogP contribution is 2.08. The average Bonchev–Trinajstić information content (AvgIpc) is 2.41. The third-order valence-corrected chi connectivity index (χ3v) is 2.99. The summed E-state index contributed by atoms with van der Waals surface area (Å²) in [6.07, 6.45) is 6.21. The third kappa shape index (κ3) is 8.10. The summed E-state index contributed by atoms with van der Waals surface area (Å²) in [4.78, 5) is 0. The van der Waals surface area contributed by atoms with Gasteiger partial charge in [-0.3, -0.25) is 0 Å². The highest BCUT2D eigenvalue weighted by atomic mass is 16.5. The number of nitrogens with zero attached hydrogens (tertiary/aromatic N) is 2. The zero-order valence-electron chi connectivity index (χ0n) is 13.4. The van der Waals surface area contributed by atoms with Crippen LogP contribution >= 0.6 is 0 Å². The van der Waals surface area contributed by atoms with E-state index in [-0.39, 0.29) is 5.54 Å². The van der Waals surface area contributed by atoms with Crippen LogP contribution < -0.4 is 10.1 Å². The Hall–Kier alpha value is -1.16. The van der Waals surface area contributed by atoms with Gasteiger partial charge in [-0.25, -0.2) is 0 Å². The monoisotopic (exact) mass is 279 g/mol. The van der Waals surface area contributed by atoms with Gasteiger partial charge in [0.2, 0.25) is 5.88 Å². The molecule has 1 aromatic heterocycles. The predicted octanol–water partition coefficient (Wildman–Crippen LogP) is 3.71. The first-order chi connectivity index (χ1) is 9.51. The topological polar surface area (TPSA) is 47.0 Å². The summed E-state index contributed by atoms with van der Waals surface area (Å²) >= 11 is 0. The van der Waals surface area contributed by atoms with Gasteiger partial charge in [0.1, 0.15) is 0 Å². The fraction of sp³-hybridized carbons (Fsp3) is 0.750. The number of rotatable bonds is 9. The SMILES string of the molecule is CCCCCCCOc1ccc(CNC(C)(C)C)nn1. The van der Waals surface area contributed by atoms with Crippen molar-refractivity contribution in [2.24, 2.45) is 0 Å². The first-order valence-corrected chi connectivity index (χ1v) is 7.71. The van der Waals surface area contributed by atoms with E-state index in [2.05, 4.69) is 43.2 Å². The maximum Gasteiger partial charge on any atom is 0.233 e. The molecule has 0 atom stereocenters. The summed E-state index contributed by atoms with van der Waals surface area (Å²) in [6.45, 7) is 10.1. The Balaban J connectivity index is 2.21. The number of ether oxygens (including phenoxy) is 1. The maximum absolute atomic E-state index is 5.59. The van der Waals surface area contributed by atoms with E-state index in [0.29, 0.717) is 5.88 Å². The van der Waals surface area contributed by atoms with Crippen LogP contribution in [-0.4, -0.2) is 22.3 Å². The zero-order chi connectivity index (χ0) is 14.8. The molecule has 0 saturated heterocycles. The van der Waals surface area contributed by atoms with Crippen LogP contribution in [0.4, 0.5) is 0 Å². The van der Waals surface area contributed by atoms with Crippen LogP contribution in [0.5, 0.6) is 5.88 Å². The molecule has 1 rings (SSSR count). The minimum atomic E-state index is 0.0926. The molecule has 114 valence electrons. The van der Waals surface area contributed by atoms with Gasteiger partial charge in [0.05, 0.1) is 12.3 Å². The molecular weight excluding hydrogens is 250 g/mol. The molecule has 0 radical (unpaired) electrons. The normalized spacial score (nSPS) is 11.6. The van der Waals surface area contributed by atoms with Gasteiger partial charge >= 0.3 is 0 Å². The molecule has 0 amide bonds. The number of hydrogen-bond donors (Lipinski definition) is 1. The lowest BCUT2D eigenvalue weighted by molar-refractivity contribution is 0.289. The van der Waals surface area contributed by atoms with E-state index in [9.17, 15) is 0 Å². The zero-order valence-corrected chi connectivity index (χ0v) is 13.4. The lowest BCUT2D eigenvalue weighted by atomic mass is 10.1. The van der Waals surface area contributed by atoms with Gasteiger partial charge in [-0.1, -0.05) is 32.6 Å². The Morgan fingerprint density at radius 2 is 1.80 bits per heavy atom. The van der Waals surface area contributed by atoms with Crippen molar-refractivity contribution in [1.29, 1.82) is 0 Å². The van der Waals surface area contributed by atoms with Gasteiger partial charge in [-0.05, 0) is 33.3 Å². The van der Waals surface area contributed by atoms with Gasteiger partial charge in [0.15, 0.2) is 0 Å². The second-order valence-electron chi connectivity index (χ2n) is 6.23. The molecule has 0 aliphatic carbocycles. The van der Waals surface area contributed by atoms with E-state index >= 15 is 0 Å². The fourth-order valence-corrected chi connectivity index (χ4v) is 1.76. The van der Waals surface area contributed by atoms with Crippen LogP contribution in [0.2, 0.25) is 0 Å². The smallest absolute Gasteiger partial charge is 0.233 e. The number of aromatic nitrogens is 2. The molecule has 0 unspecified atom stereocenters. The second kappa shape index (κ2) is 8.90. The van der Waals surface area contributed by atoms with Crippen LogP contribution in [0.3, 0.4) is 0 Å². The Morgan fingerprint density at radius 1 is 1.05 bits per heavy atom. The van der Waals surface area contributed by atoms with Crippen molar-refractivity contribution in [3.05, 3.63) is 17.8 Å². The lowest BCUT2D eigenvalue weighted by Crippen LogP contribution is -2.35. The molecule has 1 heterocycles. The summed E-state index contributed by atoms with van der Waals surface area (Å²) in [5.41, 5.74) is 1.03. The fourth-order valence-electron chi connectivity index (χ4n) is 1.76. The molecule has 4 nitrogen and oxygen atoms in total. The number of unbranched alkanes of at least 4 members (excludes halogenated alkanes) is 4. The van der Waals surface area contributed by atoms with Crippen molar-refractivity contribution in [3.63, 3.8) is 0 Å². The van der Waals surface area contributed by atoms with E-state index in [0.717, 1.165) is 25.3 Å². The lowest BCUT2D eigenvalue weighted by Gasteiger charge is -2.19. The summed E-state index contributed by atoms with van der Waals surface area (Å²) in [6, 6.07) is 3.87. The molecule has 4 heteroatoms. The van der Waals surface area contributed by atoms with Crippen LogP contribution in [0.15, 0.2) is 12.1 Å². The Morgan fingerprint density at radius 3 is 2.40 bits per heavy atom. The predicted molar refractivity (Wildman–Crippen MR) is 82.9 cm³/mol. The van der Waals surface area contributed by atoms with Crippen molar-refractivity contribution < 1.29 is 4.74 Å². The van der Waals surface area contributed by atoms with Crippen molar-refractivity contribution >= 4 is 0 Å². The van der Waals surface area contributed by atoms with E-state index in [1.807, 2.05) is 12.1 Å². The molecule has 0 aliphatic heterocycles. The number of nitrogens with one attached hydrogen (secondary N) is 1. The van der Waals surface area contributed by atoms with Crippen LogP contribution in [0, 0.1) is 0 Å². The second-order valence-corrected chi connectivity index (χ2v) is 6.23. The molecular formula is C16H29N3O. The molecule has 0 fully saturated rings. The standard InChI is InChI=1S/C16H29N3O/c1-5-6-7-8-9-12-20-15-11-10-14(18-19-15)13-17-16(2,3)4/h10-11,17H,5-9,12-13H2,1-4H3. The first-order valence-electron chi connectivity index (χ1n) is 7.71. The van der Waals surface area contributed by atoms with E-state index in [1.54, 1.807) is 0 Å². The van der Waals surface area contributed by atoms with Crippen molar-refractivity contribution in [3.8, 4) is 5.88 Å². The quantitative estimate of drug-likeness (QED) is 0.700. The summed E-state index contributed by atoms with van der Waals surface area (Å²) in [7, 11) is 0. The third-order valence-electron chi connectivity index (χ3n) is 2.99. The molecule has 20 heavy (non-hydrogen) atoms. The molecule has 0 aromatic carbocycles. The summed E-state index contributed by atoms with van der Waals surface area (Å²) in [5.74, 6) is 0.625. The molecule has 1 N–H and O–H groups in total. The minimum Gasteiger partial charge on any atom is -0.477 e. The number of hydrogen-bond acceptors (Lipinski definition) is 4. The average molecular weight is 279 g/mol. The molecule has 0 spiro atoms. The molecule has 0 bridgehead atoms.